The fraction of sp³-hybridized carbons (Fsp3) is 0.875. The van der Waals surface area contributed by atoms with Gasteiger partial charge in [0.15, 0.2) is 0 Å². The third-order valence-electron chi connectivity index (χ3n) is 4.24. The highest BCUT2D eigenvalue weighted by atomic mass is 16.5. The summed E-state index contributed by atoms with van der Waals surface area (Å²) in [7, 11) is 0. The predicted molar refractivity (Wildman–Crippen MR) is 77.3 cm³/mol. The Balaban J connectivity index is 2.48. The van der Waals surface area contributed by atoms with Crippen molar-refractivity contribution in [3.05, 3.63) is 0 Å². The van der Waals surface area contributed by atoms with Gasteiger partial charge in [-0.2, -0.15) is 0 Å². The molecule has 0 amide bonds. The minimum atomic E-state index is -0.117. The molecule has 20 heavy (non-hydrogen) atoms. The normalized spacial score (nSPS) is 17.5. The standard InChI is InChI=1S/C16H28O4/c1-3-19-14(17)8-12-16(10-6-5-7-11-16)13-9-15(18)20-4-2/h3-13H2,1-2H3. The molecule has 0 N–H and O–H groups in total. The van der Waals surface area contributed by atoms with Crippen LogP contribution < -0.4 is 0 Å². The average Bonchev–Trinajstić information content (AvgIpc) is 2.45. The van der Waals surface area contributed by atoms with Crippen LogP contribution in [0.15, 0.2) is 0 Å². The lowest BCUT2D eigenvalue weighted by Gasteiger charge is -2.37. The van der Waals surface area contributed by atoms with E-state index in [-0.39, 0.29) is 17.4 Å². The fourth-order valence-electron chi connectivity index (χ4n) is 3.13. The van der Waals surface area contributed by atoms with Crippen molar-refractivity contribution in [2.24, 2.45) is 5.41 Å². The summed E-state index contributed by atoms with van der Waals surface area (Å²) in [5.74, 6) is -0.234. The quantitative estimate of drug-likeness (QED) is 0.639. The van der Waals surface area contributed by atoms with Crippen LogP contribution in [-0.2, 0) is 19.1 Å². The molecule has 0 atom stereocenters. The lowest BCUT2D eigenvalue weighted by Crippen LogP contribution is -2.26. The summed E-state index contributed by atoms with van der Waals surface area (Å²) in [6.45, 7) is 4.54. The molecule has 0 heterocycles. The van der Waals surface area contributed by atoms with Crippen molar-refractivity contribution in [1.82, 2.24) is 0 Å². The van der Waals surface area contributed by atoms with Gasteiger partial charge in [0.1, 0.15) is 0 Å². The van der Waals surface area contributed by atoms with Gasteiger partial charge in [0.25, 0.3) is 0 Å². The van der Waals surface area contributed by atoms with Crippen molar-refractivity contribution < 1.29 is 19.1 Å². The summed E-state index contributed by atoms with van der Waals surface area (Å²) in [4.78, 5) is 23.1. The fourth-order valence-corrected chi connectivity index (χ4v) is 3.13. The van der Waals surface area contributed by atoms with Crippen LogP contribution in [0.25, 0.3) is 0 Å². The number of esters is 2. The van der Waals surface area contributed by atoms with Crippen LogP contribution in [-0.4, -0.2) is 25.2 Å². The summed E-state index contributed by atoms with van der Waals surface area (Å²) in [5.41, 5.74) is 0.137. The minimum absolute atomic E-state index is 0.117. The third kappa shape index (κ3) is 5.93. The first-order valence-corrected chi connectivity index (χ1v) is 7.93. The lowest BCUT2D eigenvalue weighted by atomic mass is 9.68. The van der Waals surface area contributed by atoms with Crippen LogP contribution in [0.5, 0.6) is 0 Å². The van der Waals surface area contributed by atoms with Crippen LogP contribution in [0.3, 0.4) is 0 Å². The molecule has 0 aromatic heterocycles. The lowest BCUT2D eigenvalue weighted by molar-refractivity contribution is -0.144. The van der Waals surface area contributed by atoms with Gasteiger partial charge in [-0.1, -0.05) is 19.3 Å². The molecule has 0 aliphatic heterocycles. The van der Waals surface area contributed by atoms with E-state index in [0.717, 1.165) is 25.7 Å². The first kappa shape index (κ1) is 17.0. The van der Waals surface area contributed by atoms with Crippen molar-refractivity contribution in [3.8, 4) is 0 Å². The van der Waals surface area contributed by atoms with Crippen LogP contribution in [0.2, 0.25) is 0 Å². The van der Waals surface area contributed by atoms with Gasteiger partial charge >= 0.3 is 11.9 Å². The molecule has 0 bridgehead atoms. The van der Waals surface area contributed by atoms with Gasteiger partial charge in [0.2, 0.25) is 0 Å². The van der Waals surface area contributed by atoms with Crippen LogP contribution >= 0.6 is 0 Å². The number of hydrogen-bond acceptors (Lipinski definition) is 4. The smallest absolute Gasteiger partial charge is 0.305 e. The van der Waals surface area contributed by atoms with E-state index in [0.29, 0.717) is 26.1 Å². The summed E-state index contributed by atoms with van der Waals surface area (Å²) in [6.07, 6.45) is 8.51. The van der Waals surface area contributed by atoms with Gasteiger partial charge < -0.3 is 9.47 Å². The second kappa shape index (κ2) is 8.98. The van der Waals surface area contributed by atoms with Gasteiger partial charge in [0.05, 0.1) is 13.2 Å². The van der Waals surface area contributed by atoms with Crippen LogP contribution in [0.1, 0.15) is 71.6 Å². The maximum Gasteiger partial charge on any atom is 0.305 e. The maximum absolute atomic E-state index is 11.6. The Kier molecular flexibility index (Phi) is 7.63. The van der Waals surface area contributed by atoms with Crippen LogP contribution in [0, 0.1) is 5.41 Å². The van der Waals surface area contributed by atoms with E-state index >= 15 is 0 Å². The van der Waals surface area contributed by atoms with Crippen molar-refractivity contribution in [1.29, 1.82) is 0 Å². The predicted octanol–water partition coefficient (Wildman–Crippen LogP) is 3.62. The molecule has 0 spiro atoms. The van der Waals surface area contributed by atoms with Gasteiger partial charge in [0, 0.05) is 12.8 Å². The molecule has 0 unspecified atom stereocenters. The Labute approximate surface area is 122 Å². The maximum atomic E-state index is 11.6. The van der Waals surface area contributed by atoms with E-state index in [1.165, 1.54) is 19.3 Å². The SMILES string of the molecule is CCOC(=O)CCC1(CCC(=O)OCC)CCCCC1. The molecule has 1 fully saturated rings. The van der Waals surface area contributed by atoms with Crippen molar-refractivity contribution in [3.63, 3.8) is 0 Å². The summed E-state index contributed by atoms with van der Waals surface area (Å²) in [6, 6.07) is 0. The van der Waals surface area contributed by atoms with E-state index in [2.05, 4.69) is 0 Å². The van der Waals surface area contributed by atoms with Crippen molar-refractivity contribution in [2.75, 3.05) is 13.2 Å². The highest BCUT2D eigenvalue weighted by Crippen LogP contribution is 2.44. The third-order valence-corrected chi connectivity index (χ3v) is 4.24. The first-order chi connectivity index (χ1) is 9.62. The molecular weight excluding hydrogens is 256 g/mol. The molecule has 116 valence electrons. The zero-order valence-electron chi connectivity index (χ0n) is 12.9. The van der Waals surface area contributed by atoms with E-state index in [1.807, 2.05) is 13.8 Å². The molecule has 0 radical (unpaired) electrons. The minimum Gasteiger partial charge on any atom is -0.466 e. The molecule has 0 aromatic carbocycles. The number of carbonyl (C=O) groups is 2. The average molecular weight is 284 g/mol. The number of carbonyl (C=O) groups excluding carboxylic acids is 2. The Morgan fingerprint density at radius 2 is 1.30 bits per heavy atom. The van der Waals surface area contributed by atoms with E-state index in [1.54, 1.807) is 0 Å². The summed E-state index contributed by atoms with van der Waals surface area (Å²) in [5, 5.41) is 0. The van der Waals surface area contributed by atoms with Crippen LogP contribution in [0.4, 0.5) is 0 Å². The second-order valence-corrected chi connectivity index (χ2v) is 5.67. The molecule has 0 aromatic rings. The highest BCUT2D eigenvalue weighted by Gasteiger charge is 2.33. The zero-order valence-corrected chi connectivity index (χ0v) is 12.9. The molecule has 4 heteroatoms. The monoisotopic (exact) mass is 284 g/mol. The summed E-state index contributed by atoms with van der Waals surface area (Å²) >= 11 is 0. The number of hydrogen-bond donors (Lipinski definition) is 0. The second-order valence-electron chi connectivity index (χ2n) is 5.67. The van der Waals surface area contributed by atoms with Crippen molar-refractivity contribution >= 4 is 11.9 Å². The molecule has 0 saturated heterocycles. The van der Waals surface area contributed by atoms with E-state index in [4.69, 9.17) is 9.47 Å². The molecule has 1 rings (SSSR count). The Morgan fingerprint density at radius 1 is 0.850 bits per heavy atom. The van der Waals surface area contributed by atoms with Gasteiger partial charge in [-0.25, -0.2) is 0 Å². The van der Waals surface area contributed by atoms with Gasteiger partial charge in [-0.05, 0) is 44.9 Å². The molecule has 1 aliphatic rings. The van der Waals surface area contributed by atoms with E-state index in [9.17, 15) is 9.59 Å². The molecular formula is C16H28O4. The number of rotatable bonds is 8. The Hall–Kier alpha value is -1.06. The van der Waals surface area contributed by atoms with E-state index < -0.39 is 0 Å². The number of ether oxygens (including phenoxy) is 2. The summed E-state index contributed by atoms with van der Waals surface area (Å²) < 4.78 is 10.0. The Bertz CT molecular complexity index is 282. The van der Waals surface area contributed by atoms with Gasteiger partial charge in [-0.3, -0.25) is 9.59 Å². The largest absolute Gasteiger partial charge is 0.466 e. The molecule has 1 aliphatic carbocycles. The zero-order chi connectivity index (χ0) is 14.8. The molecule has 1 saturated carbocycles. The molecule has 4 nitrogen and oxygen atoms in total. The van der Waals surface area contributed by atoms with Gasteiger partial charge in [-0.15, -0.1) is 0 Å². The van der Waals surface area contributed by atoms with Crippen molar-refractivity contribution in [2.45, 2.75) is 71.6 Å². The first-order valence-electron chi connectivity index (χ1n) is 7.93. The highest BCUT2D eigenvalue weighted by molar-refractivity contribution is 5.70. The Morgan fingerprint density at radius 3 is 1.70 bits per heavy atom. The topological polar surface area (TPSA) is 52.6 Å².